The zero-order valence-corrected chi connectivity index (χ0v) is 12.8. The highest BCUT2D eigenvalue weighted by Gasteiger charge is 2.36. The van der Waals surface area contributed by atoms with Crippen LogP contribution in [0.5, 0.6) is 0 Å². The first-order valence-electron chi connectivity index (χ1n) is 7.57. The van der Waals surface area contributed by atoms with Crippen LogP contribution in [0.4, 0.5) is 0 Å². The van der Waals surface area contributed by atoms with Crippen molar-refractivity contribution in [2.45, 2.75) is 45.1 Å². The topological polar surface area (TPSA) is 94.5 Å². The summed E-state index contributed by atoms with van der Waals surface area (Å²) in [5.74, 6) is 0.744. The van der Waals surface area contributed by atoms with E-state index >= 15 is 0 Å². The Bertz CT molecular complexity index is 467. The van der Waals surface area contributed by atoms with E-state index in [0.717, 1.165) is 32.5 Å². The van der Waals surface area contributed by atoms with Crippen LogP contribution < -0.4 is 5.73 Å². The average molecular weight is 296 g/mol. The Hall–Kier alpha value is -1.47. The van der Waals surface area contributed by atoms with Gasteiger partial charge in [0, 0.05) is 19.5 Å². The molecule has 2 rings (SSSR count). The summed E-state index contributed by atoms with van der Waals surface area (Å²) in [6, 6.07) is 0. The van der Waals surface area contributed by atoms with Crippen molar-refractivity contribution in [1.29, 1.82) is 0 Å². The molecule has 1 aromatic rings. The third-order valence-electron chi connectivity index (χ3n) is 3.96. The number of piperidine rings is 1. The molecule has 0 amide bonds. The lowest BCUT2D eigenvalue weighted by Gasteiger charge is -2.36. The smallest absolute Gasteiger partial charge is 0.306 e. The number of likely N-dealkylation sites (tertiary alicyclic amines) is 1. The number of rotatable bonds is 6. The van der Waals surface area contributed by atoms with Gasteiger partial charge in [-0.1, -0.05) is 12.1 Å². The normalized spacial score (nSPS) is 18.6. The van der Waals surface area contributed by atoms with E-state index in [1.807, 2.05) is 0 Å². The fourth-order valence-electron chi connectivity index (χ4n) is 2.49. The number of hydrogen-bond acceptors (Lipinski definition) is 7. The molecule has 7 nitrogen and oxygen atoms in total. The Labute approximate surface area is 124 Å². The molecule has 2 heterocycles. The van der Waals surface area contributed by atoms with Crippen LogP contribution in [0.15, 0.2) is 4.52 Å². The maximum atomic E-state index is 11.3. The second-order valence-electron chi connectivity index (χ2n) is 5.41. The van der Waals surface area contributed by atoms with Crippen LogP contribution in [-0.4, -0.2) is 47.3 Å². The van der Waals surface area contributed by atoms with Crippen molar-refractivity contribution >= 4 is 5.97 Å². The zero-order chi connectivity index (χ0) is 15.3. The van der Waals surface area contributed by atoms with Crippen molar-refractivity contribution in [1.82, 2.24) is 15.0 Å². The summed E-state index contributed by atoms with van der Waals surface area (Å²) in [7, 11) is 0. The molecule has 21 heavy (non-hydrogen) atoms. The van der Waals surface area contributed by atoms with E-state index in [-0.39, 0.29) is 12.4 Å². The number of ether oxygens (including phenoxy) is 1. The third kappa shape index (κ3) is 4.01. The fraction of sp³-hybridized carbons (Fsp3) is 0.786. The summed E-state index contributed by atoms with van der Waals surface area (Å²) >= 11 is 0. The van der Waals surface area contributed by atoms with Crippen molar-refractivity contribution in [3.8, 4) is 0 Å². The maximum Gasteiger partial charge on any atom is 0.306 e. The van der Waals surface area contributed by atoms with Crippen LogP contribution >= 0.6 is 0 Å². The Morgan fingerprint density at radius 2 is 2.14 bits per heavy atom. The van der Waals surface area contributed by atoms with E-state index in [2.05, 4.69) is 22.0 Å². The van der Waals surface area contributed by atoms with Gasteiger partial charge in [-0.2, -0.15) is 4.98 Å². The molecule has 1 saturated heterocycles. The number of aromatic nitrogens is 2. The van der Waals surface area contributed by atoms with Gasteiger partial charge in [0.1, 0.15) is 0 Å². The first-order chi connectivity index (χ1) is 10.1. The van der Waals surface area contributed by atoms with Crippen LogP contribution in [-0.2, 0) is 21.5 Å². The number of nitrogens with zero attached hydrogens (tertiary/aromatic N) is 3. The number of carbonyl (C=O) groups excluding carboxylic acids is 1. The fourth-order valence-corrected chi connectivity index (χ4v) is 2.49. The Morgan fingerprint density at radius 1 is 1.43 bits per heavy atom. The molecule has 0 unspecified atom stereocenters. The Kier molecular flexibility index (Phi) is 5.30. The standard InChI is InChI=1S/C14H24N4O3/c1-3-18-9-7-14(15,8-10-18)13-16-11(21-17-13)5-6-12(19)20-4-2/h3-10,15H2,1-2H3. The largest absolute Gasteiger partial charge is 0.466 e. The molecule has 118 valence electrons. The number of esters is 1. The molecular formula is C14H24N4O3. The molecule has 0 saturated carbocycles. The van der Waals surface area contributed by atoms with Crippen LogP contribution in [0, 0.1) is 0 Å². The van der Waals surface area contributed by atoms with Crippen LogP contribution in [0.2, 0.25) is 0 Å². The molecule has 2 N–H and O–H groups in total. The molecule has 7 heteroatoms. The first kappa shape index (κ1) is 15.9. The summed E-state index contributed by atoms with van der Waals surface area (Å²) in [5.41, 5.74) is 5.89. The summed E-state index contributed by atoms with van der Waals surface area (Å²) in [5, 5.41) is 4.00. The van der Waals surface area contributed by atoms with Crippen LogP contribution in [0.1, 0.15) is 44.8 Å². The minimum Gasteiger partial charge on any atom is -0.466 e. The van der Waals surface area contributed by atoms with Gasteiger partial charge in [-0.05, 0) is 26.3 Å². The number of aryl methyl sites for hydroxylation is 1. The molecule has 0 atom stereocenters. The second-order valence-corrected chi connectivity index (χ2v) is 5.41. The van der Waals surface area contributed by atoms with Gasteiger partial charge in [-0.15, -0.1) is 0 Å². The van der Waals surface area contributed by atoms with E-state index < -0.39 is 5.54 Å². The highest BCUT2D eigenvalue weighted by molar-refractivity contribution is 5.69. The van der Waals surface area contributed by atoms with Crippen molar-refractivity contribution in [2.24, 2.45) is 5.73 Å². The summed E-state index contributed by atoms with van der Waals surface area (Å²) in [6.45, 7) is 7.23. The molecule has 1 fully saturated rings. The molecule has 0 bridgehead atoms. The van der Waals surface area contributed by atoms with E-state index in [1.54, 1.807) is 6.92 Å². The minimum atomic E-state index is -0.517. The van der Waals surface area contributed by atoms with Crippen molar-refractivity contribution in [3.63, 3.8) is 0 Å². The molecule has 0 spiro atoms. The van der Waals surface area contributed by atoms with Gasteiger partial charge < -0.3 is 19.9 Å². The highest BCUT2D eigenvalue weighted by Crippen LogP contribution is 2.28. The van der Waals surface area contributed by atoms with E-state index in [0.29, 0.717) is 24.7 Å². The maximum absolute atomic E-state index is 11.3. The summed E-state index contributed by atoms with van der Waals surface area (Å²) in [6.07, 6.45) is 2.27. The lowest BCUT2D eigenvalue weighted by atomic mass is 9.88. The predicted octanol–water partition coefficient (Wildman–Crippen LogP) is 0.835. The van der Waals surface area contributed by atoms with E-state index in [9.17, 15) is 4.79 Å². The number of carbonyl (C=O) groups is 1. The molecular weight excluding hydrogens is 272 g/mol. The van der Waals surface area contributed by atoms with Gasteiger partial charge in [0.25, 0.3) is 0 Å². The second kappa shape index (κ2) is 7.00. The van der Waals surface area contributed by atoms with Crippen LogP contribution in [0.3, 0.4) is 0 Å². The van der Waals surface area contributed by atoms with Gasteiger partial charge >= 0.3 is 5.97 Å². The van der Waals surface area contributed by atoms with Gasteiger partial charge in [0.2, 0.25) is 5.89 Å². The average Bonchev–Trinajstić information content (AvgIpc) is 2.96. The Morgan fingerprint density at radius 3 is 2.76 bits per heavy atom. The highest BCUT2D eigenvalue weighted by atomic mass is 16.5. The predicted molar refractivity (Wildman–Crippen MR) is 76.5 cm³/mol. The van der Waals surface area contributed by atoms with Gasteiger partial charge in [-0.3, -0.25) is 4.79 Å². The third-order valence-corrected chi connectivity index (χ3v) is 3.96. The van der Waals surface area contributed by atoms with Gasteiger partial charge in [0.15, 0.2) is 5.82 Å². The molecule has 1 aromatic heterocycles. The van der Waals surface area contributed by atoms with Crippen molar-refractivity contribution in [2.75, 3.05) is 26.2 Å². The van der Waals surface area contributed by atoms with Gasteiger partial charge in [-0.25, -0.2) is 0 Å². The minimum absolute atomic E-state index is 0.247. The Balaban J connectivity index is 1.92. The molecule has 0 radical (unpaired) electrons. The van der Waals surface area contributed by atoms with Crippen molar-refractivity contribution in [3.05, 3.63) is 11.7 Å². The molecule has 0 aliphatic carbocycles. The SMILES string of the molecule is CCOC(=O)CCc1nc(C2(N)CCN(CC)CC2)no1. The molecule has 0 aromatic carbocycles. The number of hydrogen-bond donors (Lipinski definition) is 1. The summed E-state index contributed by atoms with van der Waals surface area (Å²) < 4.78 is 10.1. The quantitative estimate of drug-likeness (QED) is 0.777. The van der Waals surface area contributed by atoms with Crippen LogP contribution in [0.25, 0.3) is 0 Å². The zero-order valence-electron chi connectivity index (χ0n) is 12.8. The summed E-state index contributed by atoms with van der Waals surface area (Å²) in [4.78, 5) is 18.0. The number of nitrogens with two attached hydrogens (primary N) is 1. The van der Waals surface area contributed by atoms with Crippen molar-refractivity contribution < 1.29 is 14.1 Å². The monoisotopic (exact) mass is 296 g/mol. The van der Waals surface area contributed by atoms with Gasteiger partial charge in [0.05, 0.1) is 18.6 Å². The first-order valence-corrected chi connectivity index (χ1v) is 7.57. The lowest BCUT2D eigenvalue weighted by molar-refractivity contribution is -0.143. The van der Waals surface area contributed by atoms with E-state index in [1.165, 1.54) is 0 Å². The lowest BCUT2D eigenvalue weighted by Crippen LogP contribution is -2.48. The van der Waals surface area contributed by atoms with E-state index in [4.69, 9.17) is 15.0 Å². The molecule has 1 aliphatic rings. The molecule has 1 aliphatic heterocycles.